The van der Waals surface area contributed by atoms with E-state index in [1.54, 1.807) is 6.07 Å². The number of rotatable bonds is 2. The van der Waals surface area contributed by atoms with Gasteiger partial charge in [-0.3, -0.25) is 14.2 Å². The zero-order valence-electron chi connectivity index (χ0n) is 11.5. The van der Waals surface area contributed by atoms with Gasteiger partial charge in [-0.1, -0.05) is 6.07 Å². The van der Waals surface area contributed by atoms with Crippen molar-refractivity contribution < 1.29 is 4.79 Å². The minimum absolute atomic E-state index is 0.106. The SMILES string of the molecule is Cc1ccc(NC(=O)c2c[nH]c(=O)n(C)c2=O)cc1C. The molecule has 0 aliphatic rings. The van der Waals surface area contributed by atoms with Crippen molar-refractivity contribution in [2.45, 2.75) is 13.8 Å². The summed E-state index contributed by atoms with van der Waals surface area (Å²) in [4.78, 5) is 37.4. The minimum atomic E-state index is -0.630. The fourth-order valence-corrected chi connectivity index (χ4v) is 1.75. The number of nitrogens with one attached hydrogen (secondary N) is 2. The summed E-state index contributed by atoms with van der Waals surface area (Å²) < 4.78 is 0.856. The fraction of sp³-hybridized carbons (Fsp3) is 0.214. The first kappa shape index (κ1) is 13.8. The number of hydrogen-bond acceptors (Lipinski definition) is 3. The zero-order chi connectivity index (χ0) is 14.9. The predicted octanol–water partition coefficient (Wildman–Crippen LogP) is 0.943. The molecular weight excluding hydrogens is 258 g/mol. The molecule has 0 atom stereocenters. The van der Waals surface area contributed by atoms with E-state index in [2.05, 4.69) is 10.3 Å². The number of carbonyl (C=O) groups is 1. The van der Waals surface area contributed by atoms with Crippen LogP contribution in [0, 0.1) is 13.8 Å². The van der Waals surface area contributed by atoms with Crippen molar-refractivity contribution in [3.63, 3.8) is 0 Å². The number of aromatic nitrogens is 2. The van der Waals surface area contributed by atoms with Gasteiger partial charge in [0.25, 0.3) is 11.5 Å². The Hall–Kier alpha value is -2.63. The predicted molar refractivity (Wildman–Crippen MR) is 76.2 cm³/mol. The molecule has 0 saturated heterocycles. The highest BCUT2D eigenvalue weighted by molar-refractivity contribution is 6.03. The third kappa shape index (κ3) is 2.54. The van der Waals surface area contributed by atoms with Gasteiger partial charge in [-0.15, -0.1) is 0 Å². The molecule has 0 aliphatic heterocycles. The second-order valence-electron chi connectivity index (χ2n) is 4.62. The van der Waals surface area contributed by atoms with Gasteiger partial charge in [-0.05, 0) is 37.1 Å². The highest BCUT2D eigenvalue weighted by Gasteiger charge is 2.13. The van der Waals surface area contributed by atoms with Crippen molar-refractivity contribution in [3.8, 4) is 0 Å². The lowest BCUT2D eigenvalue weighted by Crippen LogP contribution is -2.37. The van der Waals surface area contributed by atoms with Gasteiger partial charge in [-0.25, -0.2) is 4.79 Å². The summed E-state index contributed by atoms with van der Waals surface area (Å²) in [5.41, 5.74) is 1.46. The number of aromatic amines is 1. The van der Waals surface area contributed by atoms with Crippen molar-refractivity contribution in [3.05, 3.63) is 61.9 Å². The molecular formula is C14H15N3O3. The summed E-state index contributed by atoms with van der Waals surface area (Å²) in [6, 6.07) is 5.47. The molecule has 0 aliphatic carbocycles. The number of hydrogen-bond donors (Lipinski definition) is 2. The van der Waals surface area contributed by atoms with Gasteiger partial charge in [0.2, 0.25) is 0 Å². The van der Waals surface area contributed by atoms with E-state index in [-0.39, 0.29) is 5.56 Å². The van der Waals surface area contributed by atoms with Crippen molar-refractivity contribution in [1.82, 2.24) is 9.55 Å². The van der Waals surface area contributed by atoms with Crippen LogP contribution in [0.25, 0.3) is 0 Å². The van der Waals surface area contributed by atoms with Crippen LogP contribution in [0.1, 0.15) is 21.5 Å². The third-order valence-electron chi connectivity index (χ3n) is 3.19. The molecule has 1 aromatic carbocycles. The molecule has 6 heteroatoms. The number of H-pyrrole nitrogens is 1. The van der Waals surface area contributed by atoms with Crippen LogP contribution in [-0.4, -0.2) is 15.5 Å². The van der Waals surface area contributed by atoms with Crippen molar-refractivity contribution in [1.29, 1.82) is 0 Å². The molecule has 0 bridgehead atoms. The second-order valence-corrected chi connectivity index (χ2v) is 4.62. The molecule has 0 unspecified atom stereocenters. The van der Waals surface area contributed by atoms with Crippen LogP contribution < -0.4 is 16.6 Å². The average Bonchev–Trinajstić information content (AvgIpc) is 2.40. The lowest BCUT2D eigenvalue weighted by molar-refractivity contribution is 0.102. The van der Waals surface area contributed by atoms with Crippen LogP contribution in [0.4, 0.5) is 5.69 Å². The molecule has 20 heavy (non-hydrogen) atoms. The Balaban J connectivity index is 2.33. The van der Waals surface area contributed by atoms with Gasteiger partial charge in [0.05, 0.1) is 0 Å². The van der Waals surface area contributed by atoms with Crippen LogP contribution >= 0.6 is 0 Å². The van der Waals surface area contributed by atoms with Gasteiger partial charge in [0.15, 0.2) is 0 Å². The van der Waals surface area contributed by atoms with E-state index in [0.29, 0.717) is 5.69 Å². The summed E-state index contributed by atoms with van der Waals surface area (Å²) >= 11 is 0. The van der Waals surface area contributed by atoms with Crippen LogP contribution in [0.3, 0.4) is 0 Å². The number of aryl methyl sites for hydroxylation is 2. The number of nitrogens with zero attached hydrogens (tertiary/aromatic N) is 1. The molecule has 6 nitrogen and oxygen atoms in total. The first-order valence-corrected chi connectivity index (χ1v) is 6.07. The van der Waals surface area contributed by atoms with Crippen molar-refractivity contribution >= 4 is 11.6 Å². The molecule has 2 aromatic rings. The maximum Gasteiger partial charge on any atom is 0.328 e. The van der Waals surface area contributed by atoms with Gasteiger partial charge >= 0.3 is 5.69 Å². The van der Waals surface area contributed by atoms with E-state index in [9.17, 15) is 14.4 Å². The fourth-order valence-electron chi connectivity index (χ4n) is 1.75. The van der Waals surface area contributed by atoms with Crippen LogP contribution in [0.2, 0.25) is 0 Å². The summed E-state index contributed by atoms with van der Waals surface area (Å²) in [6.45, 7) is 3.91. The number of anilines is 1. The molecule has 0 saturated carbocycles. The Morgan fingerprint density at radius 2 is 1.90 bits per heavy atom. The zero-order valence-corrected chi connectivity index (χ0v) is 11.5. The van der Waals surface area contributed by atoms with E-state index >= 15 is 0 Å². The summed E-state index contributed by atoms with van der Waals surface area (Å²) in [6.07, 6.45) is 1.13. The first-order valence-electron chi connectivity index (χ1n) is 6.07. The summed E-state index contributed by atoms with van der Waals surface area (Å²) in [5.74, 6) is -0.551. The molecule has 0 fully saturated rings. The van der Waals surface area contributed by atoms with Gasteiger partial charge in [0, 0.05) is 18.9 Å². The first-order chi connectivity index (χ1) is 9.40. The largest absolute Gasteiger partial charge is 0.328 e. The van der Waals surface area contributed by atoms with Gasteiger partial charge in [-0.2, -0.15) is 0 Å². The van der Waals surface area contributed by atoms with Gasteiger partial charge in [0.1, 0.15) is 5.56 Å². The molecule has 104 valence electrons. The van der Waals surface area contributed by atoms with Crippen LogP contribution in [0.15, 0.2) is 34.0 Å². The van der Waals surface area contributed by atoms with Gasteiger partial charge < -0.3 is 10.3 Å². The highest BCUT2D eigenvalue weighted by atomic mass is 16.2. The summed E-state index contributed by atoms with van der Waals surface area (Å²) in [5, 5.41) is 2.64. The maximum atomic E-state index is 12.0. The molecule has 2 N–H and O–H groups in total. The van der Waals surface area contributed by atoms with E-state index in [1.165, 1.54) is 7.05 Å². The van der Waals surface area contributed by atoms with Crippen molar-refractivity contribution in [2.24, 2.45) is 7.05 Å². The molecule has 1 amide bonds. The lowest BCUT2D eigenvalue weighted by atomic mass is 10.1. The highest BCUT2D eigenvalue weighted by Crippen LogP contribution is 2.14. The van der Waals surface area contributed by atoms with E-state index < -0.39 is 17.2 Å². The van der Waals surface area contributed by atoms with Crippen molar-refractivity contribution in [2.75, 3.05) is 5.32 Å². The quantitative estimate of drug-likeness (QED) is 0.854. The number of benzene rings is 1. The molecule has 1 heterocycles. The lowest BCUT2D eigenvalue weighted by Gasteiger charge is -2.07. The Morgan fingerprint density at radius 3 is 2.55 bits per heavy atom. The molecule has 0 radical (unpaired) electrons. The Labute approximate surface area is 115 Å². The van der Waals surface area contributed by atoms with E-state index in [1.807, 2.05) is 26.0 Å². The molecule has 0 spiro atoms. The monoisotopic (exact) mass is 273 g/mol. The third-order valence-corrected chi connectivity index (χ3v) is 3.19. The van der Waals surface area contributed by atoms with Crippen LogP contribution in [0.5, 0.6) is 0 Å². The molecule has 2 rings (SSSR count). The maximum absolute atomic E-state index is 12.0. The molecule has 1 aromatic heterocycles. The Kier molecular flexibility index (Phi) is 3.56. The summed E-state index contributed by atoms with van der Waals surface area (Å²) in [7, 11) is 1.31. The Bertz CT molecular complexity index is 787. The Morgan fingerprint density at radius 1 is 1.20 bits per heavy atom. The number of amides is 1. The second kappa shape index (κ2) is 5.16. The minimum Gasteiger partial charge on any atom is -0.322 e. The average molecular weight is 273 g/mol. The van der Waals surface area contributed by atoms with E-state index in [0.717, 1.165) is 21.9 Å². The standard InChI is InChI=1S/C14H15N3O3/c1-8-4-5-10(6-9(8)2)16-12(18)11-7-15-14(20)17(3)13(11)19/h4-7H,1-3H3,(H,15,20)(H,16,18). The normalized spacial score (nSPS) is 10.3. The van der Waals surface area contributed by atoms with E-state index in [4.69, 9.17) is 0 Å². The number of carbonyl (C=O) groups excluding carboxylic acids is 1. The smallest absolute Gasteiger partial charge is 0.322 e. The van der Waals surface area contributed by atoms with Crippen LogP contribution in [-0.2, 0) is 7.05 Å². The topological polar surface area (TPSA) is 84.0 Å².